The van der Waals surface area contributed by atoms with Crippen LogP contribution in [0.15, 0.2) is 36.4 Å². The van der Waals surface area contributed by atoms with Crippen LogP contribution in [0.5, 0.6) is 0 Å². The van der Waals surface area contributed by atoms with Crippen LogP contribution in [0.2, 0.25) is 0 Å². The lowest BCUT2D eigenvalue weighted by atomic mass is 9.94. The first kappa shape index (κ1) is 13.6. The van der Waals surface area contributed by atoms with Crippen molar-refractivity contribution >= 4 is 5.82 Å². The second-order valence-electron chi connectivity index (χ2n) is 5.33. The van der Waals surface area contributed by atoms with E-state index in [0.29, 0.717) is 5.56 Å². The number of rotatable bonds is 3. The molecule has 2 N–H and O–H groups in total. The maximum absolute atomic E-state index is 9.02. The Morgan fingerprint density at radius 2 is 2.24 bits per heavy atom. The molecule has 3 rings (SSSR count). The molecule has 1 aromatic heterocycles. The minimum absolute atomic E-state index is 0.280. The van der Waals surface area contributed by atoms with Gasteiger partial charge in [0, 0.05) is 18.3 Å². The van der Waals surface area contributed by atoms with Gasteiger partial charge in [-0.25, -0.2) is 4.98 Å². The van der Waals surface area contributed by atoms with Crippen LogP contribution in [0, 0.1) is 18.3 Å². The van der Waals surface area contributed by atoms with Crippen molar-refractivity contribution in [3.63, 3.8) is 0 Å². The summed E-state index contributed by atoms with van der Waals surface area (Å²) >= 11 is 0. The maximum Gasteiger partial charge on any atom is 0.127 e. The molecule has 0 bridgehead atoms. The van der Waals surface area contributed by atoms with Gasteiger partial charge in [0.05, 0.1) is 11.6 Å². The van der Waals surface area contributed by atoms with Crippen LogP contribution < -0.4 is 10.6 Å². The van der Waals surface area contributed by atoms with E-state index in [-0.39, 0.29) is 6.04 Å². The molecule has 0 aliphatic carbocycles. The van der Waals surface area contributed by atoms with Gasteiger partial charge >= 0.3 is 0 Å². The van der Waals surface area contributed by atoms with Crippen molar-refractivity contribution in [3.8, 4) is 6.07 Å². The van der Waals surface area contributed by atoms with Crippen molar-refractivity contribution in [2.24, 2.45) is 0 Å². The molecular weight excluding hydrogens is 260 g/mol. The SMILES string of the molecule is Cc1cc(C#N)cc(NCC2NCCc3ccccc32)n1. The Morgan fingerprint density at radius 3 is 3.10 bits per heavy atom. The highest BCUT2D eigenvalue weighted by Crippen LogP contribution is 2.23. The molecular formula is C17H18N4. The molecule has 4 nitrogen and oxygen atoms in total. The van der Waals surface area contributed by atoms with E-state index in [4.69, 9.17) is 5.26 Å². The van der Waals surface area contributed by atoms with E-state index < -0.39 is 0 Å². The Hall–Kier alpha value is -2.38. The molecule has 4 heteroatoms. The fourth-order valence-electron chi connectivity index (χ4n) is 2.81. The molecule has 2 aromatic rings. The quantitative estimate of drug-likeness (QED) is 0.906. The predicted octanol–water partition coefficient (Wildman–Crippen LogP) is 2.56. The third kappa shape index (κ3) is 3.04. The fraction of sp³-hybridized carbons (Fsp3) is 0.294. The van der Waals surface area contributed by atoms with Gasteiger partial charge in [-0.2, -0.15) is 5.26 Å². The van der Waals surface area contributed by atoms with E-state index in [2.05, 4.69) is 46.0 Å². The van der Waals surface area contributed by atoms with Gasteiger partial charge < -0.3 is 10.6 Å². The summed E-state index contributed by atoms with van der Waals surface area (Å²) in [6.45, 7) is 3.66. The Balaban J connectivity index is 1.74. The summed E-state index contributed by atoms with van der Waals surface area (Å²) in [5.74, 6) is 0.761. The predicted molar refractivity (Wildman–Crippen MR) is 83.1 cm³/mol. The van der Waals surface area contributed by atoms with E-state index in [1.54, 1.807) is 12.1 Å². The van der Waals surface area contributed by atoms with Gasteiger partial charge in [-0.05, 0) is 43.1 Å². The number of hydrogen-bond acceptors (Lipinski definition) is 4. The Morgan fingerprint density at radius 1 is 1.38 bits per heavy atom. The zero-order valence-electron chi connectivity index (χ0n) is 12.1. The number of benzene rings is 1. The van der Waals surface area contributed by atoms with Crippen molar-refractivity contribution in [1.29, 1.82) is 5.26 Å². The number of pyridine rings is 1. The Bertz CT molecular complexity index is 687. The van der Waals surface area contributed by atoms with Gasteiger partial charge in [-0.15, -0.1) is 0 Å². The van der Waals surface area contributed by atoms with Crippen LogP contribution in [0.1, 0.15) is 28.4 Å². The molecule has 106 valence electrons. The molecule has 0 radical (unpaired) electrons. The molecule has 0 fully saturated rings. The smallest absolute Gasteiger partial charge is 0.127 e. The molecule has 1 atom stereocenters. The molecule has 0 amide bonds. The van der Waals surface area contributed by atoms with Gasteiger partial charge in [-0.3, -0.25) is 0 Å². The highest BCUT2D eigenvalue weighted by molar-refractivity contribution is 5.45. The minimum Gasteiger partial charge on any atom is -0.368 e. The lowest BCUT2D eigenvalue weighted by Crippen LogP contribution is -2.34. The van der Waals surface area contributed by atoms with Crippen molar-refractivity contribution in [2.75, 3.05) is 18.4 Å². The van der Waals surface area contributed by atoms with Gasteiger partial charge in [0.2, 0.25) is 0 Å². The summed E-state index contributed by atoms with van der Waals surface area (Å²) in [5.41, 5.74) is 4.26. The van der Waals surface area contributed by atoms with Crippen molar-refractivity contribution < 1.29 is 0 Å². The molecule has 1 aliphatic heterocycles. The van der Waals surface area contributed by atoms with Crippen LogP contribution in [0.4, 0.5) is 5.82 Å². The van der Waals surface area contributed by atoms with E-state index in [1.165, 1.54) is 11.1 Å². The molecule has 2 heterocycles. The van der Waals surface area contributed by atoms with Crippen molar-refractivity contribution in [2.45, 2.75) is 19.4 Å². The molecule has 1 aromatic carbocycles. The Kier molecular flexibility index (Phi) is 3.85. The van der Waals surface area contributed by atoms with Crippen LogP contribution in [-0.4, -0.2) is 18.1 Å². The largest absolute Gasteiger partial charge is 0.368 e. The highest BCUT2D eigenvalue weighted by atomic mass is 15.0. The van der Waals surface area contributed by atoms with E-state index in [1.807, 2.05) is 6.92 Å². The van der Waals surface area contributed by atoms with Crippen LogP contribution in [0.3, 0.4) is 0 Å². The topological polar surface area (TPSA) is 60.7 Å². The van der Waals surface area contributed by atoms with Crippen LogP contribution in [-0.2, 0) is 6.42 Å². The molecule has 1 aliphatic rings. The third-order valence-corrected chi connectivity index (χ3v) is 3.79. The van der Waals surface area contributed by atoms with E-state index in [0.717, 1.165) is 31.0 Å². The number of aryl methyl sites for hydroxylation is 1. The summed E-state index contributed by atoms with van der Waals surface area (Å²) < 4.78 is 0. The summed E-state index contributed by atoms with van der Waals surface area (Å²) in [4.78, 5) is 4.43. The zero-order chi connectivity index (χ0) is 14.7. The van der Waals surface area contributed by atoms with Gasteiger partial charge in [-0.1, -0.05) is 24.3 Å². The van der Waals surface area contributed by atoms with Crippen molar-refractivity contribution in [3.05, 3.63) is 58.8 Å². The summed E-state index contributed by atoms with van der Waals surface area (Å²) in [5, 5.41) is 15.9. The lowest BCUT2D eigenvalue weighted by molar-refractivity contribution is 0.523. The highest BCUT2D eigenvalue weighted by Gasteiger charge is 2.18. The van der Waals surface area contributed by atoms with Crippen LogP contribution in [0.25, 0.3) is 0 Å². The van der Waals surface area contributed by atoms with E-state index in [9.17, 15) is 0 Å². The normalized spacial score (nSPS) is 16.9. The fourth-order valence-corrected chi connectivity index (χ4v) is 2.81. The second kappa shape index (κ2) is 5.94. The number of aromatic nitrogens is 1. The van der Waals surface area contributed by atoms with Gasteiger partial charge in [0.25, 0.3) is 0 Å². The number of nitrogens with zero attached hydrogens (tertiary/aromatic N) is 2. The number of hydrogen-bond donors (Lipinski definition) is 2. The third-order valence-electron chi connectivity index (χ3n) is 3.79. The average Bonchev–Trinajstić information content (AvgIpc) is 2.52. The molecule has 0 saturated carbocycles. The molecule has 1 unspecified atom stereocenters. The standard InChI is InChI=1S/C17H18N4/c1-12-8-13(10-18)9-17(21-12)20-11-16-15-5-3-2-4-14(15)6-7-19-16/h2-5,8-9,16,19H,6-7,11H2,1H3,(H,20,21). The number of anilines is 1. The van der Waals surface area contributed by atoms with Crippen molar-refractivity contribution in [1.82, 2.24) is 10.3 Å². The van der Waals surface area contributed by atoms with Gasteiger partial charge in [0.15, 0.2) is 0 Å². The zero-order valence-corrected chi connectivity index (χ0v) is 12.1. The van der Waals surface area contributed by atoms with E-state index >= 15 is 0 Å². The van der Waals surface area contributed by atoms with Gasteiger partial charge in [0.1, 0.15) is 5.82 Å². The first-order chi connectivity index (χ1) is 10.3. The minimum atomic E-state index is 0.280. The van der Waals surface area contributed by atoms with Crippen LogP contribution >= 0.6 is 0 Å². The lowest BCUT2D eigenvalue weighted by Gasteiger charge is -2.27. The molecule has 0 saturated heterocycles. The first-order valence-corrected chi connectivity index (χ1v) is 7.20. The average molecular weight is 278 g/mol. The maximum atomic E-state index is 9.02. The summed E-state index contributed by atoms with van der Waals surface area (Å²) in [6, 6.07) is 14.6. The molecule has 21 heavy (non-hydrogen) atoms. The number of fused-ring (bicyclic) bond motifs is 1. The summed E-state index contributed by atoms with van der Waals surface area (Å²) in [6.07, 6.45) is 1.08. The number of nitrogens with one attached hydrogen (secondary N) is 2. The second-order valence-corrected chi connectivity index (χ2v) is 5.33. The monoisotopic (exact) mass is 278 g/mol. The Labute approximate surface area is 124 Å². The summed E-state index contributed by atoms with van der Waals surface area (Å²) in [7, 11) is 0. The number of nitriles is 1. The first-order valence-electron chi connectivity index (χ1n) is 7.20. The molecule has 0 spiro atoms.